The van der Waals surface area contributed by atoms with Crippen LogP contribution in [0, 0.1) is 5.92 Å². The molecule has 0 saturated heterocycles. The second kappa shape index (κ2) is 7.17. The van der Waals surface area contributed by atoms with Gasteiger partial charge in [-0.2, -0.15) is 4.98 Å². The summed E-state index contributed by atoms with van der Waals surface area (Å²) in [5.41, 5.74) is 0.697. The fraction of sp³-hybridized carbons (Fsp3) is 0.412. The van der Waals surface area contributed by atoms with Crippen LogP contribution in [0.15, 0.2) is 38.7 Å². The van der Waals surface area contributed by atoms with E-state index < -0.39 is 0 Å². The number of rotatable bonds is 6. The second-order valence-electron chi connectivity index (χ2n) is 5.95. The van der Waals surface area contributed by atoms with Crippen LogP contribution in [0.4, 0.5) is 0 Å². The summed E-state index contributed by atoms with van der Waals surface area (Å²) in [4.78, 5) is 21.6. The molecule has 1 aromatic carbocycles. The zero-order chi connectivity index (χ0) is 17.1. The monoisotopic (exact) mass is 344 g/mol. The van der Waals surface area contributed by atoms with E-state index in [9.17, 15) is 4.79 Å². The van der Waals surface area contributed by atoms with Crippen molar-refractivity contribution in [3.63, 3.8) is 0 Å². The van der Waals surface area contributed by atoms with Crippen molar-refractivity contribution in [2.75, 3.05) is 0 Å². The van der Waals surface area contributed by atoms with Gasteiger partial charge in [-0.05, 0) is 25.0 Å². The van der Waals surface area contributed by atoms with Gasteiger partial charge in [0.25, 0.3) is 5.56 Å². The molecule has 0 aliphatic carbocycles. The predicted octanol–water partition coefficient (Wildman–Crippen LogP) is 3.29. The molecular formula is C17H20N4O2S. The summed E-state index contributed by atoms with van der Waals surface area (Å²) >= 11 is 1.45. The largest absolute Gasteiger partial charge is 0.339 e. The molecule has 126 valence electrons. The maximum atomic E-state index is 12.6. The van der Waals surface area contributed by atoms with Crippen molar-refractivity contribution in [2.45, 2.75) is 44.6 Å². The highest BCUT2D eigenvalue weighted by Crippen LogP contribution is 2.21. The molecule has 2 heterocycles. The van der Waals surface area contributed by atoms with Gasteiger partial charge in [0.1, 0.15) is 0 Å². The van der Waals surface area contributed by atoms with Crippen molar-refractivity contribution in [3.05, 3.63) is 46.3 Å². The average Bonchev–Trinajstić information content (AvgIpc) is 3.00. The van der Waals surface area contributed by atoms with Crippen LogP contribution in [-0.2, 0) is 18.7 Å². The molecule has 2 aromatic heterocycles. The Balaban J connectivity index is 1.84. The molecule has 7 heteroatoms. The molecule has 6 nitrogen and oxygen atoms in total. The van der Waals surface area contributed by atoms with Gasteiger partial charge in [-0.15, -0.1) is 0 Å². The molecule has 0 aliphatic rings. The van der Waals surface area contributed by atoms with Crippen LogP contribution in [0.2, 0.25) is 0 Å². The number of thioether (sulfide) groups is 1. The van der Waals surface area contributed by atoms with E-state index in [1.54, 1.807) is 4.57 Å². The number of nitrogens with zero attached hydrogens (tertiary/aromatic N) is 4. The zero-order valence-electron chi connectivity index (χ0n) is 14.0. The van der Waals surface area contributed by atoms with Crippen LogP contribution in [0.1, 0.15) is 32.5 Å². The number of aromatic nitrogens is 4. The molecular weight excluding hydrogens is 324 g/mol. The first-order valence-electron chi connectivity index (χ1n) is 8.02. The van der Waals surface area contributed by atoms with E-state index in [-0.39, 0.29) is 5.56 Å². The summed E-state index contributed by atoms with van der Waals surface area (Å²) in [5, 5.41) is 5.32. The van der Waals surface area contributed by atoms with Crippen molar-refractivity contribution in [2.24, 2.45) is 5.92 Å². The maximum absolute atomic E-state index is 12.6. The topological polar surface area (TPSA) is 73.8 Å². The third kappa shape index (κ3) is 3.51. The molecule has 0 atom stereocenters. The van der Waals surface area contributed by atoms with E-state index in [0.717, 1.165) is 6.42 Å². The first kappa shape index (κ1) is 16.7. The molecule has 0 N–H and O–H groups in total. The Bertz CT molecular complexity index is 901. The highest BCUT2D eigenvalue weighted by Gasteiger charge is 2.13. The van der Waals surface area contributed by atoms with Crippen LogP contribution in [0.25, 0.3) is 10.9 Å². The number of hydrogen-bond donors (Lipinski definition) is 0. The van der Waals surface area contributed by atoms with Crippen molar-refractivity contribution >= 4 is 22.7 Å². The Labute approximate surface area is 144 Å². The lowest BCUT2D eigenvalue weighted by atomic mass is 10.1. The smallest absolute Gasteiger partial charge is 0.262 e. The van der Waals surface area contributed by atoms with E-state index in [4.69, 9.17) is 4.52 Å². The van der Waals surface area contributed by atoms with Crippen LogP contribution >= 0.6 is 11.8 Å². The minimum atomic E-state index is -0.0146. The summed E-state index contributed by atoms with van der Waals surface area (Å²) in [5.74, 6) is 2.27. The molecule has 3 aromatic rings. The van der Waals surface area contributed by atoms with Crippen molar-refractivity contribution in [1.82, 2.24) is 19.7 Å². The van der Waals surface area contributed by atoms with Gasteiger partial charge >= 0.3 is 0 Å². The van der Waals surface area contributed by atoms with Gasteiger partial charge in [-0.1, -0.05) is 42.9 Å². The number of fused-ring (bicyclic) bond motifs is 1. The third-order valence-electron chi connectivity index (χ3n) is 3.57. The lowest BCUT2D eigenvalue weighted by molar-refractivity contribution is 0.360. The second-order valence-corrected chi connectivity index (χ2v) is 6.89. The fourth-order valence-electron chi connectivity index (χ4n) is 2.45. The lowest BCUT2D eigenvalue weighted by Crippen LogP contribution is -2.22. The van der Waals surface area contributed by atoms with E-state index in [1.807, 2.05) is 31.2 Å². The average molecular weight is 344 g/mol. The number of hydrogen-bond acceptors (Lipinski definition) is 6. The molecule has 0 amide bonds. The summed E-state index contributed by atoms with van der Waals surface area (Å²) in [7, 11) is 0. The van der Waals surface area contributed by atoms with Crippen molar-refractivity contribution in [1.29, 1.82) is 0 Å². The highest BCUT2D eigenvalue weighted by molar-refractivity contribution is 7.98. The van der Waals surface area contributed by atoms with Gasteiger partial charge in [0.15, 0.2) is 11.0 Å². The predicted molar refractivity (Wildman–Crippen MR) is 94.1 cm³/mol. The molecule has 0 bridgehead atoms. The molecule has 0 saturated carbocycles. The number of para-hydroxylation sites is 1. The normalized spacial score (nSPS) is 11.5. The Morgan fingerprint density at radius 3 is 2.79 bits per heavy atom. The van der Waals surface area contributed by atoms with E-state index in [1.165, 1.54) is 11.8 Å². The minimum absolute atomic E-state index is 0.0146. The standard InChI is InChI=1S/C17H20N4O2S/c1-4-21-16(22)12-7-5-6-8-13(12)18-17(21)24-10-14-19-15(23-20-14)9-11(2)3/h5-8,11H,4,9-10H2,1-3H3. The van der Waals surface area contributed by atoms with Crippen LogP contribution in [-0.4, -0.2) is 19.7 Å². The molecule has 0 fully saturated rings. The van der Waals surface area contributed by atoms with Gasteiger partial charge in [0.05, 0.1) is 16.7 Å². The van der Waals surface area contributed by atoms with E-state index in [0.29, 0.717) is 46.0 Å². The van der Waals surface area contributed by atoms with Crippen LogP contribution < -0.4 is 5.56 Å². The Morgan fingerprint density at radius 2 is 2.04 bits per heavy atom. The summed E-state index contributed by atoms with van der Waals surface area (Å²) in [6.07, 6.45) is 0.769. The van der Waals surface area contributed by atoms with Gasteiger partial charge in [-0.25, -0.2) is 4.98 Å². The van der Waals surface area contributed by atoms with Crippen molar-refractivity contribution in [3.8, 4) is 0 Å². The molecule has 0 spiro atoms. The van der Waals surface area contributed by atoms with E-state index in [2.05, 4.69) is 29.0 Å². The SMILES string of the molecule is CCn1c(SCc2noc(CC(C)C)n2)nc2ccccc2c1=O. The number of benzene rings is 1. The van der Waals surface area contributed by atoms with Gasteiger partial charge in [0, 0.05) is 13.0 Å². The van der Waals surface area contributed by atoms with Gasteiger partial charge in [-0.3, -0.25) is 9.36 Å². The lowest BCUT2D eigenvalue weighted by Gasteiger charge is -2.10. The zero-order valence-corrected chi connectivity index (χ0v) is 14.8. The van der Waals surface area contributed by atoms with Gasteiger partial charge < -0.3 is 4.52 Å². The molecule has 0 radical (unpaired) electrons. The summed E-state index contributed by atoms with van der Waals surface area (Å²) < 4.78 is 6.93. The van der Waals surface area contributed by atoms with Crippen LogP contribution in [0.5, 0.6) is 0 Å². The summed E-state index contributed by atoms with van der Waals surface area (Å²) in [6, 6.07) is 7.41. The Kier molecular flexibility index (Phi) is 4.99. The van der Waals surface area contributed by atoms with Crippen molar-refractivity contribution < 1.29 is 4.52 Å². The summed E-state index contributed by atoms with van der Waals surface area (Å²) in [6.45, 7) is 6.73. The minimum Gasteiger partial charge on any atom is -0.339 e. The first-order chi connectivity index (χ1) is 11.6. The third-order valence-corrected chi connectivity index (χ3v) is 4.54. The first-order valence-corrected chi connectivity index (χ1v) is 9.01. The van der Waals surface area contributed by atoms with Crippen LogP contribution in [0.3, 0.4) is 0 Å². The quantitative estimate of drug-likeness (QED) is 0.505. The molecule has 24 heavy (non-hydrogen) atoms. The maximum Gasteiger partial charge on any atom is 0.262 e. The van der Waals surface area contributed by atoms with E-state index >= 15 is 0 Å². The highest BCUT2D eigenvalue weighted by atomic mass is 32.2. The molecule has 0 unspecified atom stereocenters. The van der Waals surface area contributed by atoms with Gasteiger partial charge in [0.2, 0.25) is 5.89 Å². The Morgan fingerprint density at radius 1 is 1.25 bits per heavy atom. The fourth-order valence-corrected chi connectivity index (χ4v) is 3.35. The molecule has 0 aliphatic heterocycles. The molecule has 3 rings (SSSR count). The Hall–Kier alpha value is -2.15.